The minimum Gasteiger partial charge on any atom is -0.487 e. The van der Waals surface area contributed by atoms with Crippen LogP contribution in [-0.4, -0.2) is 107 Å². The predicted molar refractivity (Wildman–Crippen MR) is 271 cm³/mol. The van der Waals surface area contributed by atoms with Crippen LogP contribution in [0.25, 0.3) is 5.00 Å². The fourth-order valence-electron chi connectivity index (χ4n) is 11.1. The highest BCUT2D eigenvalue weighted by Crippen LogP contribution is 2.54. The van der Waals surface area contributed by atoms with Gasteiger partial charge in [0.2, 0.25) is 23.6 Å². The zero-order valence-electron chi connectivity index (χ0n) is 40.8. The maximum atomic E-state index is 14.7. The number of carboxylic acids is 1. The van der Waals surface area contributed by atoms with Crippen molar-refractivity contribution in [3.8, 4) is 10.8 Å². The standard InChI is InChI=1S/C52H58Cl2N10O7S/c1-29-30(2)72-49-44(29)46(32-8-10-33(53)11-9-32)57-38(47-59-58-31(3)64(47)49)23-41(65)56-25-42(66)55-19-22-62-20-14-34(60-62)27-71-40-13-12-37(54)35-15-21-63(48(68)36-7-5-6-16-51(36,4)50(69)70)39(45(35)40)26-61-28-52(17-18-52)24-43(61)67/h8-14,20,36,38-39H,5-7,15-19,21-28H2,1-4H3,(H,55,66)(H,56,65)(H,69,70)/t36-,38-,39+,51-/m0/s1. The van der Waals surface area contributed by atoms with Crippen LogP contribution in [0.1, 0.15) is 120 Å². The lowest BCUT2D eigenvalue weighted by molar-refractivity contribution is -0.162. The molecule has 2 aliphatic carbocycles. The Morgan fingerprint density at radius 3 is 2.51 bits per heavy atom. The summed E-state index contributed by atoms with van der Waals surface area (Å²) in [6.07, 6.45) is 7.11. The van der Waals surface area contributed by atoms with Crippen LogP contribution in [0, 0.1) is 37.5 Å². The summed E-state index contributed by atoms with van der Waals surface area (Å²) in [5, 5.41) is 31.6. The molecule has 3 aliphatic heterocycles. The topological polar surface area (TPSA) is 206 Å². The Morgan fingerprint density at radius 1 is 0.972 bits per heavy atom. The first kappa shape index (κ1) is 49.5. The maximum absolute atomic E-state index is 14.7. The van der Waals surface area contributed by atoms with Gasteiger partial charge in [-0.1, -0.05) is 48.2 Å². The summed E-state index contributed by atoms with van der Waals surface area (Å²) in [5.41, 5.74) is 4.65. The molecule has 0 radical (unpaired) electrons. The highest BCUT2D eigenvalue weighted by Gasteiger charge is 2.54. The van der Waals surface area contributed by atoms with Crippen molar-refractivity contribution in [1.29, 1.82) is 0 Å². The van der Waals surface area contributed by atoms with E-state index < -0.39 is 29.4 Å². The van der Waals surface area contributed by atoms with Gasteiger partial charge in [0, 0.05) is 70.4 Å². The molecule has 4 amide bonds. The Bertz CT molecular complexity index is 3020. The van der Waals surface area contributed by atoms with E-state index in [0.29, 0.717) is 78.5 Å². The van der Waals surface area contributed by atoms with Crippen LogP contribution in [0.15, 0.2) is 53.7 Å². The number of aromatic nitrogens is 5. The second-order valence-electron chi connectivity index (χ2n) is 20.3. The number of ether oxygens (including phenoxy) is 1. The lowest BCUT2D eigenvalue weighted by Gasteiger charge is -2.45. The number of aliphatic carboxylic acids is 1. The van der Waals surface area contributed by atoms with Crippen LogP contribution in [0.5, 0.6) is 5.75 Å². The molecule has 72 heavy (non-hydrogen) atoms. The van der Waals surface area contributed by atoms with Crippen molar-refractivity contribution in [3.63, 3.8) is 0 Å². The van der Waals surface area contributed by atoms with Gasteiger partial charge in [-0.15, -0.1) is 21.5 Å². The van der Waals surface area contributed by atoms with Gasteiger partial charge in [-0.25, -0.2) is 0 Å². The van der Waals surface area contributed by atoms with Crippen molar-refractivity contribution in [2.75, 3.05) is 32.7 Å². The molecule has 5 aromatic rings. The van der Waals surface area contributed by atoms with Gasteiger partial charge in [0.15, 0.2) is 5.82 Å². The number of fused-ring (bicyclic) bond motifs is 4. The summed E-state index contributed by atoms with van der Waals surface area (Å²) < 4.78 is 10.2. The Balaban J connectivity index is 0.773. The molecular weight excluding hydrogens is 980 g/mol. The van der Waals surface area contributed by atoms with E-state index in [1.54, 1.807) is 46.2 Å². The van der Waals surface area contributed by atoms with Crippen molar-refractivity contribution in [2.24, 2.45) is 21.7 Å². The van der Waals surface area contributed by atoms with E-state index in [2.05, 4.69) is 39.8 Å². The van der Waals surface area contributed by atoms with E-state index in [4.69, 9.17) is 32.9 Å². The normalized spacial score (nSPS) is 21.9. The third-order valence-electron chi connectivity index (χ3n) is 15.5. The number of aryl methyl sites for hydroxylation is 2. The van der Waals surface area contributed by atoms with E-state index in [1.165, 1.54) is 0 Å². The molecule has 3 aromatic heterocycles. The van der Waals surface area contributed by atoms with Crippen LogP contribution in [0.3, 0.4) is 0 Å². The SMILES string of the molecule is Cc1sc2c(c1C)C(c1ccc(Cl)cc1)=N[C@@H](CC(=O)NCC(=O)NCCn1ccc(COc3ccc(Cl)c4c3[C@@H](CN3CC5(CC5)CC3=O)N(C(=O)[C@@H]3CCCC[C@]3(C)C(=O)O)CC4)n1)c1nnc(C)n1-2. The molecule has 10 rings (SSSR count). The lowest BCUT2D eigenvalue weighted by Crippen LogP contribution is -2.52. The van der Waals surface area contributed by atoms with Gasteiger partial charge in [-0.3, -0.25) is 38.2 Å². The number of carboxylic acid groups (broad SMARTS) is 1. The van der Waals surface area contributed by atoms with E-state index in [-0.39, 0.29) is 61.7 Å². The van der Waals surface area contributed by atoms with Crippen LogP contribution >= 0.6 is 34.5 Å². The zero-order valence-corrected chi connectivity index (χ0v) is 43.1. The van der Waals surface area contributed by atoms with Gasteiger partial charge in [0.05, 0.1) is 48.3 Å². The quantitative estimate of drug-likeness (QED) is 0.0956. The smallest absolute Gasteiger partial charge is 0.310 e. The number of hydrogen-bond donors (Lipinski definition) is 3. The van der Waals surface area contributed by atoms with Crippen molar-refractivity contribution in [2.45, 2.75) is 111 Å². The number of benzene rings is 2. The molecule has 1 saturated heterocycles. The molecule has 5 aliphatic rings. The van der Waals surface area contributed by atoms with E-state index in [9.17, 15) is 29.1 Å². The third-order valence-corrected chi connectivity index (χ3v) is 17.3. The van der Waals surface area contributed by atoms with E-state index in [0.717, 1.165) is 69.1 Å². The van der Waals surface area contributed by atoms with E-state index >= 15 is 0 Å². The number of nitrogens with one attached hydrogen (secondary N) is 2. The van der Waals surface area contributed by atoms with Gasteiger partial charge in [-0.2, -0.15) is 5.10 Å². The summed E-state index contributed by atoms with van der Waals surface area (Å²) in [6, 6.07) is 11.6. The molecule has 20 heteroatoms. The zero-order chi connectivity index (χ0) is 50.6. The number of amides is 4. The number of rotatable bonds is 15. The first-order valence-electron chi connectivity index (χ1n) is 24.7. The summed E-state index contributed by atoms with van der Waals surface area (Å²) in [7, 11) is 0. The summed E-state index contributed by atoms with van der Waals surface area (Å²) in [4.78, 5) is 77.3. The number of likely N-dealkylation sites (tertiary alicyclic amines) is 1. The molecule has 2 saturated carbocycles. The van der Waals surface area contributed by atoms with Crippen LogP contribution in [0.4, 0.5) is 0 Å². The van der Waals surface area contributed by atoms with Crippen molar-refractivity contribution >= 4 is 69.8 Å². The number of hydrogen-bond acceptors (Lipinski definition) is 11. The maximum Gasteiger partial charge on any atom is 0.310 e. The minimum absolute atomic E-state index is 0.00785. The fourth-order valence-corrected chi connectivity index (χ4v) is 12.7. The van der Waals surface area contributed by atoms with Gasteiger partial charge >= 0.3 is 5.97 Å². The average Bonchev–Trinajstić information content (AvgIpc) is 3.55. The molecule has 378 valence electrons. The Morgan fingerprint density at radius 2 is 1.76 bits per heavy atom. The molecule has 1 spiro atoms. The largest absolute Gasteiger partial charge is 0.487 e. The minimum atomic E-state index is -1.19. The Labute approximate surface area is 431 Å². The van der Waals surface area contributed by atoms with Gasteiger partial charge < -0.3 is 30.3 Å². The first-order valence-corrected chi connectivity index (χ1v) is 26.3. The van der Waals surface area contributed by atoms with Crippen molar-refractivity contribution < 1.29 is 33.8 Å². The monoisotopic (exact) mass is 1040 g/mol. The van der Waals surface area contributed by atoms with Crippen molar-refractivity contribution in [3.05, 3.63) is 109 Å². The Kier molecular flexibility index (Phi) is 13.6. The number of carbonyl (C=O) groups excluding carboxylic acids is 4. The van der Waals surface area contributed by atoms with Crippen LogP contribution in [-0.2, 0) is 43.5 Å². The summed E-state index contributed by atoms with van der Waals surface area (Å²) >= 11 is 14.8. The van der Waals surface area contributed by atoms with Crippen molar-refractivity contribution in [1.82, 2.24) is 45.0 Å². The highest BCUT2D eigenvalue weighted by atomic mass is 35.5. The number of nitrogens with zero attached hydrogens (tertiary/aromatic N) is 8. The number of carbonyl (C=O) groups is 5. The summed E-state index contributed by atoms with van der Waals surface area (Å²) in [6.45, 7) is 9.36. The number of thiophene rings is 1. The molecular formula is C52H58Cl2N10O7S. The molecule has 3 N–H and O–H groups in total. The van der Waals surface area contributed by atoms with E-state index in [1.807, 2.05) is 46.7 Å². The molecule has 3 fully saturated rings. The summed E-state index contributed by atoms with van der Waals surface area (Å²) in [5.74, 6) is -0.814. The first-order chi connectivity index (χ1) is 34.5. The second-order valence-corrected chi connectivity index (χ2v) is 22.3. The number of halogens is 2. The van der Waals surface area contributed by atoms with Crippen LogP contribution < -0.4 is 15.4 Å². The molecule has 0 unspecified atom stereocenters. The van der Waals surface area contributed by atoms with Crippen LogP contribution in [0.2, 0.25) is 10.0 Å². The third kappa shape index (κ3) is 9.52. The Hall–Kier alpha value is -6.11. The van der Waals surface area contributed by atoms with Gasteiger partial charge in [0.25, 0.3) is 0 Å². The second kappa shape index (κ2) is 19.7. The predicted octanol–water partition coefficient (Wildman–Crippen LogP) is 7.27. The molecule has 17 nitrogen and oxygen atoms in total. The lowest BCUT2D eigenvalue weighted by atomic mass is 9.66. The molecule has 0 bridgehead atoms. The van der Waals surface area contributed by atoms with Gasteiger partial charge in [0.1, 0.15) is 29.2 Å². The molecule has 4 atom stereocenters. The molecule has 2 aromatic carbocycles. The highest BCUT2D eigenvalue weighted by molar-refractivity contribution is 7.15. The number of aliphatic imine (C=N–C) groups is 1. The van der Waals surface area contributed by atoms with Gasteiger partial charge in [-0.05, 0) is 107 Å². The fraction of sp³-hybridized carbons (Fsp3) is 0.481. The molecule has 6 heterocycles. The average molecular weight is 1040 g/mol.